The molecule has 3 nitrogen and oxygen atoms in total. The third-order valence-electron chi connectivity index (χ3n) is 2.61. The molecule has 1 heterocycles. The number of unbranched alkanes of at least 4 members (excludes halogenated alkanes) is 2. The average molecular weight is 231 g/mol. The van der Waals surface area contributed by atoms with E-state index in [9.17, 15) is 4.79 Å². The second-order valence-electron chi connectivity index (χ2n) is 3.93. The molecular formula is C11H21NO2S. The van der Waals surface area contributed by atoms with Crippen molar-refractivity contribution in [2.75, 3.05) is 18.9 Å². The van der Waals surface area contributed by atoms with Gasteiger partial charge < -0.3 is 10.4 Å². The highest BCUT2D eigenvalue weighted by Crippen LogP contribution is 2.24. The van der Waals surface area contributed by atoms with Crippen molar-refractivity contribution in [1.82, 2.24) is 5.32 Å². The van der Waals surface area contributed by atoms with Crippen LogP contribution in [0.25, 0.3) is 0 Å². The summed E-state index contributed by atoms with van der Waals surface area (Å²) in [5.74, 6) is 1.34. The van der Waals surface area contributed by atoms with Crippen LogP contribution >= 0.6 is 11.8 Å². The van der Waals surface area contributed by atoms with Gasteiger partial charge in [0.1, 0.15) is 0 Å². The van der Waals surface area contributed by atoms with Crippen LogP contribution in [0.5, 0.6) is 0 Å². The fraction of sp³-hybridized carbons (Fsp3) is 0.909. The molecule has 1 unspecified atom stereocenters. The molecule has 1 fully saturated rings. The molecule has 2 N–H and O–H groups in total. The Kier molecular flexibility index (Phi) is 6.85. The molecule has 0 saturated carbocycles. The first-order valence-electron chi connectivity index (χ1n) is 5.85. The SMILES string of the molecule is O=C(NCCCCCO)C1CCCCS1. The summed E-state index contributed by atoms with van der Waals surface area (Å²) in [6, 6.07) is 0. The summed E-state index contributed by atoms with van der Waals surface area (Å²) in [6.07, 6.45) is 6.29. The van der Waals surface area contributed by atoms with Gasteiger partial charge in [-0.2, -0.15) is 0 Å². The van der Waals surface area contributed by atoms with E-state index in [4.69, 9.17) is 5.11 Å². The average Bonchev–Trinajstić information content (AvgIpc) is 2.30. The van der Waals surface area contributed by atoms with Crippen LogP contribution in [0.2, 0.25) is 0 Å². The van der Waals surface area contributed by atoms with Gasteiger partial charge in [-0.3, -0.25) is 4.79 Å². The first-order valence-corrected chi connectivity index (χ1v) is 6.89. The third kappa shape index (κ3) is 5.42. The minimum Gasteiger partial charge on any atom is -0.396 e. The molecular weight excluding hydrogens is 210 g/mol. The summed E-state index contributed by atoms with van der Waals surface area (Å²) in [5.41, 5.74) is 0. The van der Waals surface area contributed by atoms with Gasteiger partial charge in [-0.05, 0) is 37.9 Å². The normalized spacial score (nSPS) is 21.3. The van der Waals surface area contributed by atoms with Crippen molar-refractivity contribution in [1.29, 1.82) is 0 Å². The number of thioether (sulfide) groups is 1. The zero-order valence-corrected chi connectivity index (χ0v) is 10.0. The minimum atomic E-state index is 0.191. The van der Waals surface area contributed by atoms with Gasteiger partial charge in [-0.25, -0.2) is 0 Å². The van der Waals surface area contributed by atoms with Crippen LogP contribution < -0.4 is 5.32 Å². The predicted molar refractivity (Wildman–Crippen MR) is 64.0 cm³/mol. The summed E-state index contributed by atoms with van der Waals surface area (Å²) in [7, 11) is 0. The van der Waals surface area contributed by atoms with Crippen LogP contribution in [0.3, 0.4) is 0 Å². The van der Waals surface area contributed by atoms with E-state index in [0.29, 0.717) is 0 Å². The van der Waals surface area contributed by atoms with Gasteiger partial charge in [0.05, 0.1) is 5.25 Å². The first kappa shape index (κ1) is 12.8. The molecule has 15 heavy (non-hydrogen) atoms. The summed E-state index contributed by atoms with van der Waals surface area (Å²) in [4.78, 5) is 11.6. The lowest BCUT2D eigenvalue weighted by molar-refractivity contribution is -0.120. The zero-order chi connectivity index (χ0) is 10.9. The number of aliphatic hydroxyl groups excluding tert-OH is 1. The summed E-state index contributed by atoms with van der Waals surface area (Å²) >= 11 is 1.79. The van der Waals surface area contributed by atoms with Gasteiger partial charge in [-0.15, -0.1) is 11.8 Å². The Balaban J connectivity index is 2.02. The van der Waals surface area contributed by atoms with E-state index < -0.39 is 0 Å². The lowest BCUT2D eigenvalue weighted by Crippen LogP contribution is -2.34. The van der Waals surface area contributed by atoms with E-state index in [1.807, 2.05) is 0 Å². The minimum absolute atomic E-state index is 0.191. The van der Waals surface area contributed by atoms with Crippen molar-refractivity contribution in [3.63, 3.8) is 0 Å². The fourth-order valence-electron chi connectivity index (χ4n) is 1.69. The Bertz CT molecular complexity index is 181. The summed E-state index contributed by atoms with van der Waals surface area (Å²) in [6.45, 7) is 1.02. The lowest BCUT2D eigenvalue weighted by atomic mass is 10.2. The van der Waals surface area contributed by atoms with E-state index in [1.165, 1.54) is 12.8 Å². The Morgan fingerprint density at radius 3 is 2.87 bits per heavy atom. The van der Waals surface area contributed by atoms with E-state index >= 15 is 0 Å². The van der Waals surface area contributed by atoms with Gasteiger partial charge in [0.15, 0.2) is 0 Å². The number of nitrogens with one attached hydrogen (secondary N) is 1. The maximum absolute atomic E-state index is 11.6. The number of hydrogen-bond acceptors (Lipinski definition) is 3. The molecule has 1 atom stereocenters. The van der Waals surface area contributed by atoms with Crippen LogP contribution in [-0.4, -0.2) is 35.2 Å². The third-order valence-corrected chi connectivity index (χ3v) is 3.98. The predicted octanol–water partition coefficient (Wildman–Crippen LogP) is 1.55. The lowest BCUT2D eigenvalue weighted by Gasteiger charge is -2.20. The number of aliphatic hydroxyl groups is 1. The highest BCUT2D eigenvalue weighted by molar-refractivity contribution is 8.00. The second kappa shape index (κ2) is 7.99. The van der Waals surface area contributed by atoms with Crippen LogP contribution in [0, 0.1) is 0 Å². The number of carbonyl (C=O) groups excluding carboxylic acids is 1. The largest absolute Gasteiger partial charge is 0.396 e. The highest BCUT2D eigenvalue weighted by atomic mass is 32.2. The van der Waals surface area contributed by atoms with Crippen molar-refractivity contribution in [3.05, 3.63) is 0 Å². The molecule has 1 aliphatic heterocycles. The summed E-state index contributed by atoms with van der Waals surface area (Å²) in [5, 5.41) is 11.7. The van der Waals surface area contributed by atoms with E-state index in [-0.39, 0.29) is 17.8 Å². The number of rotatable bonds is 6. The Morgan fingerprint density at radius 2 is 2.20 bits per heavy atom. The zero-order valence-electron chi connectivity index (χ0n) is 9.21. The topological polar surface area (TPSA) is 49.3 Å². The van der Waals surface area contributed by atoms with Crippen molar-refractivity contribution >= 4 is 17.7 Å². The molecule has 1 amide bonds. The van der Waals surface area contributed by atoms with E-state index in [0.717, 1.165) is 38.0 Å². The van der Waals surface area contributed by atoms with Crippen LogP contribution in [0.4, 0.5) is 0 Å². The van der Waals surface area contributed by atoms with Crippen LogP contribution in [-0.2, 0) is 4.79 Å². The molecule has 4 heteroatoms. The number of hydrogen-bond donors (Lipinski definition) is 2. The van der Waals surface area contributed by atoms with Gasteiger partial charge in [0.25, 0.3) is 0 Å². The molecule has 1 saturated heterocycles. The van der Waals surface area contributed by atoms with E-state index in [1.54, 1.807) is 11.8 Å². The van der Waals surface area contributed by atoms with E-state index in [2.05, 4.69) is 5.32 Å². The van der Waals surface area contributed by atoms with Gasteiger partial charge >= 0.3 is 0 Å². The number of amides is 1. The monoisotopic (exact) mass is 231 g/mol. The second-order valence-corrected chi connectivity index (χ2v) is 5.24. The highest BCUT2D eigenvalue weighted by Gasteiger charge is 2.20. The molecule has 0 aromatic rings. The molecule has 0 aromatic heterocycles. The molecule has 88 valence electrons. The van der Waals surface area contributed by atoms with Crippen molar-refractivity contribution in [2.45, 2.75) is 43.8 Å². The molecule has 1 aliphatic rings. The van der Waals surface area contributed by atoms with Gasteiger partial charge in [0, 0.05) is 13.2 Å². The standard InChI is InChI=1S/C11H21NO2S/c13-8-4-1-3-7-12-11(14)10-6-2-5-9-15-10/h10,13H,1-9H2,(H,12,14). The maximum Gasteiger partial charge on any atom is 0.233 e. The Labute approximate surface area is 96.0 Å². The van der Waals surface area contributed by atoms with Crippen molar-refractivity contribution in [3.8, 4) is 0 Å². The maximum atomic E-state index is 11.6. The molecule has 0 radical (unpaired) electrons. The molecule has 1 rings (SSSR count). The fourth-order valence-corrected chi connectivity index (χ4v) is 2.91. The molecule has 0 spiro atoms. The van der Waals surface area contributed by atoms with Gasteiger partial charge in [-0.1, -0.05) is 6.42 Å². The summed E-state index contributed by atoms with van der Waals surface area (Å²) < 4.78 is 0. The Hall–Kier alpha value is -0.220. The Morgan fingerprint density at radius 1 is 1.33 bits per heavy atom. The smallest absolute Gasteiger partial charge is 0.233 e. The quantitative estimate of drug-likeness (QED) is 0.682. The van der Waals surface area contributed by atoms with Crippen molar-refractivity contribution in [2.24, 2.45) is 0 Å². The van der Waals surface area contributed by atoms with Gasteiger partial charge in [0.2, 0.25) is 5.91 Å². The molecule has 0 aromatic carbocycles. The first-order chi connectivity index (χ1) is 7.34. The van der Waals surface area contributed by atoms with Crippen LogP contribution in [0.15, 0.2) is 0 Å². The molecule has 0 aliphatic carbocycles. The number of carbonyl (C=O) groups is 1. The van der Waals surface area contributed by atoms with Crippen LogP contribution in [0.1, 0.15) is 38.5 Å². The van der Waals surface area contributed by atoms with Crippen molar-refractivity contribution < 1.29 is 9.90 Å². The molecule has 0 bridgehead atoms.